The van der Waals surface area contributed by atoms with E-state index in [1.807, 2.05) is 0 Å². The molecule has 0 saturated carbocycles. The highest BCUT2D eigenvalue weighted by atomic mass is 16.5. The van der Waals surface area contributed by atoms with Gasteiger partial charge in [-0.25, -0.2) is 0 Å². The van der Waals surface area contributed by atoms with Gasteiger partial charge in [-0.2, -0.15) is 5.10 Å². The van der Waals surface area contributed by atoms with Crippen LogP contribution in [0.1, 0.15) is 52.3 Å². The summed E-state index contributed by atoms with van der Waals surface area (Å²) in [6, 6.07) is 2.72. The molecule has 0 bridgehead atoms. The summed E-state index contributed by atoms with van der Waals surface area (Å²) in [5.74, 6) is 1.27. The van der Waals surface area contributed by atoms with Crippen molar-refractivity contribution < 1.29 is 4.74 Å². The van der Waals surface area contributed by atoms with Crippen molar-refractivity contribution in [3.8, 4) is 0 Å². The van der Waals surface area contributed by atoms with E-state index in [1.54, 1.807) is 7.11 Å². The normalized spacial score (nSPS) is 13.3. The summed E-state index contributed by atoms with van der Waals surface area (Å²) in [4.78, 5) is 0. The third-order valence-corrected chi connectivity index (χ3v) is 4.28. The van der Waals surface area contributed by atoms with Crippen LogP contribution in [-0.4, -0.2) is 36.6 Å². The number of hydrogen-bond acceptors (Lipinski definition) is 3. The van der Waals surface area contributed by atoms with Crippen molar-refractivity contribution in [2.24, 2.45) is 11.8 Å². The van der Waals surface area contributed by atoms with Crippen LogP contribution in [0.25, 0.3) is 0 Å². The first kappa shape index (κ1) is 18.2. The fourth-order valence-electron chi connectivity index (χ4n) is 2.63. The second-order valence-electron chi connectivity index (χ2n) is 6.16. The van der Waals surface area contributed by atoms with Crippen LogP contribution in [0.3, 0.4) is 0 Å². The van der Waals surface area contributed by atoms with Crippen molar-refractivity contribution in [2.45, 2.75) is 53.0 Å². The summed E-state index contributed by atoms with van der Waals surface area (Å²) in [5.41, 5.74) is 1.22. The van der Waals surface area contributed by atoms with Gasteiger partial charge in [-0.1, -0.05) is 27.7 Å². The molecule has 0 spiro atoms. The molecule has 1 rings (SSSR count). The quantitative estimate of drug-likeness (QED) is 0.637. The molecule has 0 aromatic carbocycles. The third-order valence-electron chi connectivity index (χ3n) is 4.28. The predicted molar refractivity (Wildman–Crippen MR) is 88.6 cm³/mol. The highest BCUT2D eigenvalue weighted by Gasteiger charge is 2.16. The molecule has 0 aliphatic rings. The number of nitrogens with one attached hydrogen (secondary N) is 1. The minimum absolute atomic E-state index is 0.538. The Hall–Kier alpha value is -0.870. The average molecular weight is 295 g/mol. The number of rotatable bonds is 11. The molecule has 0 amide bonds. The molecule has 4 nitrogen and oxygen atoms in total. The van der Waals surface area contributed by atoms with E-state index in [4.69, 9.17) is 9.84 Å². The third kappa shape index (κ3) is 6.18. The molecule has 4 heteroatoms. The van der Waals surface area contributed by atoms with Crippen LogP contribution in [0.2, 0.25) is 0 Å². The maximum absolute atomic E-state index is 5.08. The Labute approximate surface area is 130 Å². The lowest BCUT2D eigenvalue weighted by Crippen LogP contribution is -2.30. The smallest absolute Gasteiger partial charge is 0.0628 e. The van der Waals surface area contributed by atoms with E-state index in [2.05, 4.69) is 50.0 Å². The minimum atomic E-state index is 0.538. The predicted octanol–water partition coefficient (Wildman–Crippen LogP) is 3.29. The van der Waals surface area contributed by atoms with Crippen molar-refractivity contribution in [1.82, 2.24) is 15.1 Å². The molecular formula is C17H33N3O. The van der Waals surface area contributed by atoms with Crippen LogP contribution in [0, 0.1) is 11.8 Å². The number of nitrogens with zero attached hydrogens (tertiary/aromatic N) is 2. The highest BCUT2D eigenvalue weighted by Crippen LogP contribution is 2.18. The van der Waals surface area contributed by atoms with Gasteiger partial charge in [0.15, 0.2) is 0 Å². The van der Waals surface area contributed by atoms with Gasteiger partial charge in [0, 0.05) is 19.9 Å². The van der Waals surface area contributed by atoms with Gasteiger partial charge in [0.05, 0.1) is 18.3 Å². The van der Waals surface area contributed by atoms with Gasteiger partial charge in [-0.15, -0.1) is 0 Å². The second kappa shape index (κ2) is 9.96. The van der Waals surface area contributed by atoms with Crippen LogP contribution in [0.4, 0.5) is 0 Å². The van der Waals surface area contributed by atoms with Crippen molar-refractivity contribution >= 4 is 0 Å². The zero-order valence-corrected chi connectivity index (χ0v) is 14.4. The Morgan fingerprint density at radius 2 is 2.00 bits per heavy atom. The number of aromatic nitrogens is 2. The molecule has 21 heavy (non-hydrogen) atoms. The lowest BCUT2D eigenvalue weighted by Gasteiger charge is -2.20. The summed E-state index contributed by atoms with van der Waals surface area (Å²) >= 11 is 0. The van der Waals surface area contributed by atoms with Gasteiger partial charge in [-0.3, -0.25) is 4.68 Å². The Bertz CT molecular complexity index is 372. The molecule has 122 valence electrons. The van der Waals surface area contributed by atoms with Crippen LogP contribution in [0.5, 0.6) is 0 Å². The molecule has 0 saturated heterocycles. The summed E-state index contributed by atoms with van der Waals surface area (Å²) in [7, 11) is 1.74. The molecule has 0 fully saturated rings. The average Bonchev–Trinajstić information content (AvgIpc) is 2.92. The Kier molecular flexibility index (Phi) is 8.62. The molecular weight excluding hydrogens is 262 g/mol. The van der Waals surface area contributed by atoms with E-state index in [-0.39, 0.29) is 0 Å². The largest absolute Gasteiger partial charge is 0.383 e. The first-order valence-electron chi connectivity index (χ1n) is 8.35. The highest BCUT2D eigenvalue weighted by molar-refractivity contribution is 5.01. The molecule has 0 aliphatic carbocycles. The molecule has 0 radical (unpaired) electrons. The van der Waals surface area contributed by atoms with E-state index >= 15 is 0 Å². The summed E-state index contributed by atoms with van der Waals surface area (Å²) in [5, 5.41) is 8.26. The van der Waals surface area contributed by atoms with E-state index in [9.17, 15) is 0 Å². The molecule has 1 atom stereocenters. The van der Waals surface area contributed by atoms with E-state index < -0.39 is 0 Å². The lowest BCUT2D eigenvalue weighted by atomic mass is 9.91. The molecule has 1 heterocycles. The van der Waals surface area contributed by atoms with Gasteiger partial charge in [0.2, 0.25) is 0 Å². The number of methoxy groups -OCH3 is 1. The summed E-state index contributed by atoms with van der Waals surface area (Å²) in [6.07, 6.45) is 5.47. The second-order valence-corrected chi connectivity index (χ2v) is 6.16. The molecule has 0 aliphatic heterocycles. The van der Waals surface area contributed by atoms with Gasteiger partial charge < -0.3 is 10.1 Å². The molecule has 1 aromatic heterocycles. The van der Waals surface area contributed by atoms with Gasteiger partial charge in [-0.05, 0) is 43.7 Å². The SMILES string of the molecule is CCC(CC)n1ccc(CC(CNCCOC)C(C)C)n1. The summed E-state index contributed by atoms with van der Waals surface area (Å²) in [6.45, 7) is 11.8. The van der Waals surface area contributed by atoms with Gasteiger partial charge in [0.25, 0.3) is 0 Å². The summed E-state index contributed by atoms with van der Waals surface area (Å²) < 4.78 is 7.22. The first-order valence-corrected chi connectivity index (χ1v) is 8.35. The standard InChI is InChI=1S/C17H33N3O/c1-6-17(7-2)20-10-8-16(19-20)12-15(14(3)4)13-18-9-11-21-5/h8,10,14-15,17-18H,6-7,9,11-13H2,1-5H3. The zero-order valence-electron chi connectivity index (χ0n) is 14.4. The lowest BCUT2D eigenvalue weighted by molar-refractivity contribution is 0.196. The number of hydrogen-bond donors (Lipinski definition) is 1. The monoisotopic (exact) mass is 295 g/mol. The fourth-order valence-corrected chi connectivity index (χ4v) is 2.63. The Morgan fingerprint density at radius 3 is 2.57 bits per heavy atom. The topological polar surface area (TPSA) is 39.1 Å². The van der Waals surface area contributed by atoms with Crippen molar-refractivity contribution in [3.63, 3.8) is 0 Å². The maximum Gasteiger partial charge on any atom is 0.0628 e. The van der Waals surface area contributed by atoms with Crippen LogP contribution in [0.15, 0.2) is 12.3 Å². The maximum atomic E-state index is 5.08. The van der Waals surface area contributed by atoms with Crippen LogP contribution < -0.4 is 5.32 Å². The minimum Gasteiger partial charge on any atom is -0.383 e. The first-order chi connectivity index (χ1) is 10.1. The molecule has 1 N–H and O–H groups in total. The van der Waals surface area contributed by atoms with Gasteiger partial charge >= 0.3 is 0 Å². The van der Waals surface area contributed by atoms with E-state index in [0.29, 0.717) is 17.9 Å². The Morgan fingerprint density at radius 1 is 1.29 bits per heavy atom. The fraction of sp³-hybridized carbons (Fsp3) is 0.824. The van der Waals surface area contributed by atoms with Crippen LogP contribution in [-0.2, 0) is 11.2 Å². The molecule has 1 unspecified atom stereocenters. The van der Waals surface area contributed by atoms with E-state index in [0.717, 1.165) is 39.0 Å². The van der Waals surface area contributed by atoms with Gasteiger partial charge in [0.1, 0.15) is 0 Å². The van der Waals surface area contributed by atoms with E-state index in [1.165, 1.54) is 5.69 Å². The van der Waals surface area contributed by atoms with Crippen molar-refractivity contribution in [3.05, 3.63) is 18.0 Å². The Balaban J connectivity index is 2.54. The number of ether oxygens (including phenoxy) is 1. The zero-order chi connectivity index (χ0) is 15.7. The van der Waals surface area contributed by atoms with Crippen molar-refractivity contribution in [1.29, 1.82) is 0 Å². The molecule has 1 aromatic rings. The van der Waals surface area contributed by atoms with Crippen LogP contribution >= 0.6 is 0 Å². The van der Waals surface area contributed by atoms with Crippen molar-refractivity contribution in [2.75, 3.05) is 26.8 Å².